The van der Waals surface area contributed by atoms with Crippen LogP contribution in [0.3, 0.4) is 0 Å². The Bertz CT molecular complexity index is 153. The average molecular weight is 215 g/mol. The van der Waals surface area contributed by atoms with Crippen LogP contribution in [0.25, 0.3) is 0 Å². The molecule has 0 heterocycles. The van der Waals surface area contributed by atoms with Crippen LogP contribution in [0.4, 0.5) is 8.78 Å². The molecule has 0 bridgehead atoms. The van der Waals surface area contributed by atoms with Crippen LogP contribution in [0.1, 0.15) is 19.3 Å². The minimum atomic E-state index is -2.44. The highest BCUT2D eigenvalue weighted by Gasteiger charge is 2.55. The number of alkyl halides is 3. The van der Waals surface area contributed by atoms with Gasteiger partial charge in [-0.1, -0.05) is 0 Å². The summed E-state index contributed by atoms with van der Waals surface area (Å²) in [5.74, 6) is -1.13. The molecule has 12 heavy (non-hydrogen) atoms. The third kappa shape index (κ3) is 2.25. The van der Waals surface area contributed by atoms with Gasteiger partial charge < -0.3 is 0 Å². The molecule has 0 nitrogen and oxygen atoms in total. The van der Waals surface area contributed by atoms with Gasteiger partial charge in [-0.2, -0.15) is 11.8 Å². The predicted molar refractivity (Wildman–Crippen MR) is 50.3 cm³/mol. The summed E-state index contributed by atoms with van der Waals surface area (Å²) < 4.78 is 25.2. The van der Waals surface area contributed by atoms with E-state index in [1.54, 1.807) is 11.8 Å². The molecule has 1 aliphatic rings. The molecule has 0 radical (unpaired) electrons. The first-order valence-corrected chi connectivity index (χ1v) is 5.89. The molecule has 0 N–H and O–H groups in total. The fourth-order valence-corrected chi connectivity index (χ4v) is 2.66. The Balaban J connectivity index is 2.36. The van der Waals surface area contributed by atoms with Gasteiger partial charge in [0.05, 0.1) is 0 Å². The molecule has 0 aromatic heterocycles. The van der Waals surface area contributed by atoms with Crippen LogP contribution in [0, 0.1) is 5.41 Å². The lowest BCUT2D eigenvalue weighted by molar-refractivity contribution is -0.152. The monoisotopic (exact) mass is 214 g/mol. The highest BCUT2D eigenvalue weighted by Crippen LogP contribution is 2.54. The topological polar surface area (TPSA) is 0 Å². The third-order valence-corrected chi connectivity index (χ3v) is 3.57. The predicted octanol–water partition coefficient (Wildman–Crippen LogP) is 3.39. The van der Waals surface area contributed by atoms with Crippen molar-refractivity contribution in [3.8, 4) is 0 Å². The Hall–Kier alpha value is 0.500. The highest BCUT2D eigenvalue weighted by molar-refractivity contribution is 7.98. The van der Waals surface area contributed by atoms with Gasteiger partial charge in [0.1, 0.15) is 0 Å². The van der Waals surface area contributed by atoms with Crippen LogP contribution in [0.15, 0.2) is 0 Å². The van der Waals surface area contributed by atoms with E-state index in [1.165, 1.54) is 0 Å². The van der Waals surface area contributed by atoms with Gasteiger partial charge in [0.2, 0.25) is 5.92 Å². The van der Waals surface area contributed by atoms with E-state index in [4.69, 9.17) is 11.6 Å². The first-order chi connectivity index (χ1) is 5.54. The summed E-state index contributed by atoms with van der Waals surface area (Å²) >= 11 is 7.37. The summed E-state index contributed by atoms with van der Waals surface area (Å²) in [6.45, 7) is 0. The van der Waals surface area contributed by atoms with E-state index in [2.05, 4.69) is 0 Å². The zero-order chi connectivity index (χ0) is 9.24. The van der Waals surface area contributed by atoms with E-state index >= 15 is 0 Å². The maximum atomic E-state index is 12.6. The normalized spacial score (nSPS) is 25.0. The van der Waals surface area contributed by atoms with Crippen molar-refractivity contribution in [1.29, 1.82) is 0 Å². The van der Waals surface area contributed by atoms with Crippen molar-refractivity contribution in [2.75, 3.05) is 17.9 Å². The molecule has 1 saturated carbocycles. The first kappa shape index (κ1) is 10.6. The largest absolute Gasteiger partial charge is 0.249 e. The molecule has 0 aromatic rings. The molecule has 0 aliphatic heterocycles. The summed E-state index contributed by atoms with van der Waals surface area (Å²) in [4.78, 5) is 0. The summed E-state index contributed by atoms with van der Waals surface area (Å²) in [5, 5.41) is 0. The van der Waals surface area contributed by atoms with Crippen LogP contribution in [0.2, 0.25) is 0 Å². The molecule has 0 aromatic carbocycles. The third-order valence-electron chi connectivity index (χ3n) is 2.39. The molecule has 1 aliphatic carbocycles. The van der Waals surface area contributed by atoms with Crippen molar-refractivity contribution in [2.24, 2.45) is 5.41 Å². The average Bonchev–Trinajstić information content (AvgIpc) is 1.96. The van der Waals surface area contributed by atoms with Crippen molar-refractivity contribution >= 4 is 23.4 Å². The van der Waals surface area contributed by atoms with Gasteiger partial charge in [0, 0.05) is 18.7 Å². The van der Waals surface area contributed by atoms with E-state index < -0.39 is 5.92 Å². The van der Waals surface area contributed by atoms with Crippen molar-refractivity contribution in [3.63, 3.8) is 0 Å². The lowest BCUT2D eigenvalue weighted by Crippen LogP contribution is -2.47. The van der Waals surface area contributed by atoms with E-state index in [0.717, 1.165) is 12.2 Å². The molecule has 4 heteroatoms. The number of hydrogen-bond acceptors (Lipinski definition) is 1. The first-order valence-electron chi connectivity index (χ1n) is 3.96. The molecule has 1 fully saturated rings. The molecule has 0 atom stereocenters. The summed E-state index contributed by atoms with van der Waals surface area (Å²) in [6.07, 6.45) is 2.79. The quantitative estimate of drug-likeness (QED) is 0.647. The number of thioether (sulfide) groups is 1. The maximum absolute atomic E-state index is 12.6. The van der Waals surface area contributed by atoms with E-state index in [0.29, 0.717) is 5.88 Å². The summed E-state index contributed by atoms with van der Waals surface area (Å²) in [7, 11) is 0. The number of hydrogen-bond donors (Lipinski definition) is 0. The highest BCUT2D eigenvalue weighted by atomic mass is 35.5. The fraction of sp³-hybridized carbons (Fsp3) is 1.00. The molecular weight excluding hydrogens is 202 g/mol. The van der Waals surface area contributed by atoms with Crippen LogP contribution < -0.4 is 0 Å². The van der Waals surface area contributed by atoms with E-state index in [9.17, 15) is 8.78 Å². The smallest absolute Gasteiger partial charge is 0.207 e. The Labute approximate surface area is 81.0 Å². The fourth-order valence-electron chi connectivity index (χ4n) is 1.70. The Morgan fingerprint density at radius 1 is 1.42 bits per heavy atom. The van der Waals surface area contributed by atoms with Crippen LogP contribution in [0.5, 0.6) is 0 Å². The maximum Gasteiger partial charge on any atom is 0.249 e. The number of rotatable bonds is 4. The summed E-state index contributed by atoms with van der Waals surface area (Å²) in [5.41, 5.74) is -0.256. The van der Waals surface area contributed by atoms with Crippen LogP contribution in [-0.4, -0.2) is 23.8 Å². The second-order valence-electron chi connectivity index (χ2n) is 3.59. The van der Waals surface area contributed by atoms with Gasteiger partial charge in [-0.15, -0.1) is 11.6 Å². The zero-order valence-electron chi connectivity index (χ0n) is 7.08. The van der Waals surface area contributed by atoms with Gasteiger partial charge in [-0.05, 0) is 23.8 Å². The van der Waals surface area contributed by atoms with Crippen molar-refractivity contribution in [3.05, 3.63) is 0 Å². The Kier molecular flexibility index (Phi) is 3.27. The SMILES string of the molecule is CSCCC1(CCl)CC(F)(F)C1. The number of halogens is 3. The minimum Gasteiger partial charge on any atom is -0.207 e. The molecular formula is C8H13ClF2S. The van der Waals surface area contributed by atoms with Crippen molar-refractivity contribution < 1.29 is 8.78 Å². The second-order valence-corrected chi connectivity index (χ2v) is 4.84. The second kappa shape index (κ2) is 3.70. The van der Waals surface area contributed by atoms with Crippen LogP contribution >= 0.6 is 23.4 Å². The van der Waals surface area contributed by atoms with E-state index in [-0.39, 0.29) is 18.3 Å². The summed E-state index contributed by atoms with van der Waals surface area (Å²) in [6, 6.07) is 0. The standard InChI is InChI=1S/C8H13ClF2S/c1-12-3-2-7(6-9)4-8(10,11)5-7/h2-6H2,1H3. The Morgan fingerprint density at radius 2 is 2.00 bits per heavy atom. The zero-order valence-corrected chi connectivity index (χ0v) is 8.65. The molecule has 0 saturated heterocycles. The van der Waals surface area contributed by atoms with Gasteiger partial charge in [0.25, 0.3) is 0 Å². The van der Waals surface area contributed by atoms with Crippen LogP contribution in [-0.2, 0) is 0 Å². The van der Waals surface area contributed by atoms with Gasteiger partial charge in [0.15, 0.2) is 0 Å². The lowest BCUT2D eigenvalue weighted by Gasteiger charge is -2.46. The molecule has 0 unspecified atom stereocenters. The molecule has 1 rings (SSSR count). The van der Waals surface area contributed by atoms with Gasteiger partial charge in [-0.25, -0.2) is 8.78 Å². The van der Waals surface area contributed by atoms with Gasteiger partial charge >= 0.3 is 0 Å². The van der Waals surface area contributed by atoms with Gasteiger partial charge in [-0.3, -0.25) is 0 Å². The van der Waals surface area contributed by atoms with E-state index in [1.807, 2.05) is 6.26 Å². The van der Waals surface area contributed by atoms with Crippen molar-refractivity contribution in [2.45, 2.75) is 25.2 Å². The molecule has 0 amide bonds. The minimum absolute atomic E-state index is 0.00986. The lowest BCUT2D eigenvalue weighted by atomic mass is 9.66. The molecule has 0 spiro atoms. The van der Waals surface area contributed by atoms with Crippen molar-refractivity contribution in [1.82, 2.24) is 0 Å². The molecule has 72 valence electrons. The Morgan fingerprint density at radius 3 is 2.33 bits per heavy atom.